The van der Waals surface area contributed by atoms with Crippen molar-refractivity contribution in [1.82, 2.24) is 15.6 Å². The maximum atomic E-state index is 5.37. The minimum atomic E-state index is 0.572. The van der Waals surface area contributed by atoms with Crippen molar-refractivity contribution in [2.75, 3.05) is 13.7 Å². The van der Waals surface area contributed by atoms with Gasteiger partial charge in [0.15, 0.2) is 5.96 Å². The average Bonchev–Trinajstić information content (AvgIpc) is 3.24. The highest BCUT2D eigenvalue weighted by molar-refractivity contribution is 5.79. The summed E-state index contributed by atoms with van der Waals surface area (Å²) in [7, 11) is 1.66. The third kappa shape index (κ3) is 6.18. The van der Waals surface area contributed by atoms with Crippen LogP contribution in [0.3, 0.4) is 0 Å². The van der Waals surface area contributed by atoms with E-state index in [1.807, 2.05) is 54.6 Å². The van der Waals surface area contributed by atoms with E-state index in [-0.39, 0.29) is 0 Å². The molecule has 0 saturated heterocycles. The lowest BCUT2D eigenvalue weighted by atomic mass is 10.2. The third-order valence-electron chi connectivity index (χ3n) is 3.99. The molecule has 0 amide bonds. The number of nitrogens with zero attached hydrogens (tertiary/aromatic N) is 2. The second kappa shape index (κ2) is 10.0. The topological polar surface area (TPSA) is 71.7 Å². The van der Waals surface area contributed by atoms with Crippen LogP contribution in [0, 0.1) is 0 Å². The van der Waals surface area contributed by atoms with Crippen LogP contribution in [-0.2, 0) is 19.5 Å². The van der Waals surface area contributed by atoms with E-state index in [9.17, 15) is 0 Å². The van der Waals surface area contributed by atoms with E-state index in [1.54, 1.807) is 19.6 Å². The second-order valence-corrected chi connectivity index (χ2v) is 5.94. The Morgan fingerprint density at radius 1 is 1.07 bits per heavy atom. The van der Waals surface area contributed by atoms with E-state index in [4.69, 9.17) is 9.15 Å². The Labute approximate surface area is 159 Å². The van der Waals surface area contributed by atoms with Gasteiger partial charge in [0.2, 0.25) is 0 Å². The first-order valence-electron chi connectivity index (χ1n) is 8.91. The Morgan fingerprint density at radius 2 is 1.96 bits per heavy atom. The van der Waals surface area contributed by atoms with Gasteiger partial charge in [-0.2, -0.15) is 0 Å². The van der Waals surface area contributed by atoms with Gasteiger partial charge in [-0.3, -0.25) is 4.98 Å². The molecule has 3 rings (SSSR count). The second-order valence-electron chi connectivity index (χ2n) is 5.94. The first-order valence-corrected chi connectivity index (χ1v) is 8.91. The minimum Gasteiger partial charge on any atom is -0.497 e. The highest BCUT2D eigenvalue weighted by atomic mass is 16.5. The normalized spacial score (nSPS) is 11.2. The lowest BCUT2D eigenvalue weighted by Crippen LogP contribution is -2.38. The fraction of sp³-hybridized carbons (Fsp3) is 0.238. The largest absolute Gasteiger partial charge is 0.497 e. The molecule has 1 aromatic carbocycles. The zero-order valence-electron chi connectivity index (χ0n) is 15.4. The molecule has 6 heteroatoms. The van der Waals surface area contributed by atoms with Crippen LogP contribution in [-0.4, -0.2) is 24.6 Å². The van der Waals surface area contributed by atoms with E-state index in [0.29, 0.717) is 13.1 Å². The van der Waals surface area contributed by atoms with Gasteiger partial charge in [0.1, 0.15) is 11.5 Å². The Balaban J connectivity index is 1.59. The molecule has 0 spiro atoms. The molecule has 3 aromatic rings. The summed E-state index contributed by atoms with van der Waals surface area (Å²) >= 11 is 0. The van der Waals surface area contributed by atoms with Crippen LogP contribution in [0.5, 0.6) is 5.75 Å². The van der Waals surface area contributed by atoms with Crippen molar-refractivity contribution in [3.8, 4) is 5.75 Å². The molecule has 0 fully saturated rings. The summed E-state index contributed by atoms with van der Waals surface area (Å²) in [4.78, 5) is 9.01. The summed E-state index contributed by atoms with van der Waals surface area (Å²) in [5, 5.41) is 6.68. The molecule has 27 heavy (non-hydrogen) atoms. The van der Waals surface area contributed by atoms with Gasteiger partial charge >= 0.3 is 0 Å². The van der Waals surface area contributed by atoms with Crippen molar-refractivity contribution < 1.29 is 9.15 Å². The average molecular weight is 364 g/mol. The molecule has 6 nitrogen and oxygen atoms in total. The van der Waals surface area contributed by atoms with Crippen molar-refractivity contribution in [3.63, 3.8) is 0 Å². The molecule has 0 unspecified atom stereocenters. The fourth-order valence-corrected chi connectivity index (χ4v) is 2.51. The van der Waals surface area contributed by atoms with Crippen LogP contribution in [0.25, 0.3) is 0 Å². The highest BCUT2D eigenvalue weighted by Gasteiger charge is 2.02. The molecule has 2 aromatic heterocycles. The SMILES string of the molecule is COc1ccc(CN=C(NCCc2ccco2)NCc2ccccn2)cc1. The van der Waals surface area contributed by atoms with Crippen LogP contribution >= 0.6 is 0 Å². The smallest absolute Gasteiger partial charge is 0.191 e. The predicted molar refractivity (Wildman–Crippen MR) is 106 cm³/mol. The molecule has 2 N–H and O–H groups in total. The Hall–Kier alpha value is -3.28. The number of ether oxygens (including phenoxy) is 1. The molecule has 0 aliphatic carbocycles. The number of benzene rings is 1. The number of furan rings is 1. The van der Waals surface area contributed by atoms with Gasteiger partial charge in [-0.15, -0.1) is 0 Å². The zero-order valence-corrected chi connectivity index (χ0v) is 15.4. The van der Waals surface area contributed by atoms with Gasteiger partial charge in [0.05, 0.1) is 32.2 Å². The number of hydrogen-bond acceptors (Lipinski definition) is 4. The van der Waals surface area contributed by atoms with Gasteiger partial charge in [-0.05, 0) is 42.0 Å². The van der Waals surface area contributed by atoms with Crippen LogP contribution in [0.4, 0.5) is 0 Å². The Bertz CT molecular complexity index is 815. The van der Waals surface area contributed by atoms with Gasteiger partial charge in [0.25, 0.3) is 0 Å². The lowest BCUT2D eigenvalue weighted by Gasteiger charge is -2.12. The molecule has 0 aliphatic heterocycles. The van der Waals surface area contributed by atoms with Crippen molar-refractivity contribution >= 4 is 5.96 Å². The van der Waals surface area contributed by atoms with Crippen LogP contribution in [0.2, 0.25) is 0 Å². The van der Waals surface area contributed by atoms with Gasteiger partial charge in [0, 0.05) is 19.2 Å². The summed E-state index contributed by atoms with van der Waals surface area (Å²) < 4.78 is 10.6. The molecule has 0 saturated carbocycles. The lowest BCUT2D eigenvalue weighted by molar-refractivity contribution is 0.414. The number of methoxy groups -OCH3 is 1. The number of hydrogen-bond donors (Lipinski definition) is 2. The first-order chi connectivity index (χ1) is 13.3. The number of rotatable bonds is 8. The van der Waals surface area contributed by atoms with Crippen LogP contribution in [0.15, 0.2) is 76.5 Å². The molecule has 0 bridgehead atoms. The van der Waals surface area contributed by atoms with Crippen molar-refractivity contribution in [3.05, 3.63) is 84.1 Å². The first kappa shape index (κ1) is 18.5. The van der Waals surface area contributed by atoms with Crippen molar-refractivity contribution in [2.24, 2.45) is 4.99 Å². The maximum absolute atomic E-state index is 5.37. The highest BCUT2D eigenvalue weighted by Crippen LogP contribution is 2.11. The predicted octanol–water partition coefficient (Wildman–Crippen LogP) is 3.16. The number of aliphatic imine (C=N–C) groups is 1. The molecule has 140 valence electrons. The molecular formula is C21H24N4O2. The van der Waals surface area contributed by atoms with E-state index >= 15 is 0 Å². The third-order valence-corrected chi connectivity index (χ3v) is 3.99. The quantitative estimate of drug-likeness (QED) is 0.475. The maximum Gasteiger partial charge on any atom is 0.191 e. The number of nitrogens with one attached hydrogen (secondary N) is 2. The van der Waals surface area contributed by atoms with E-state index in [2.05, 4.69) is 20.6 Å². The van der Waals surface area contributed by atoms with Gasteiger partial charge in [-0.25, -0.2) is 4.99 Å². The monoisotopic (exact) mass is 364 g/mol. The summed E-state index contributed by atoms with van der Waals surface area (Å²) in [6.07, 6.45) is 4.27. The van der Waals surface area contributed by atoms with Crippen molar-refractivity contribution in [1.29, 1.82) is 0 Å². The Kier molecular flexibility index (Phi) is 6.86. The molecular weight excluding hydrogens is 340 g/mol. The van der Waals surface area contributed by atoms with Gasteiger partial charge in [-0.1, -0.05) is 18.2 Å². The summed E-state index contributed by atoms with van der Waals surface area (Å²) in [5.41, 5.74) is 2.07. The van der Waals surface area contributed by atoms with E-state index in [0.717, 1.165) is 41.7 Å². The van der Waals surface area contributed by atoms with Crippen LogP contribution < -0.4 is 15.4 Å². The summed E-state index contributed by atoms with van der Waals surface area (Å²) in [6, 6.07) is 17.6. The van der Waals surface area contributed by atoms with Crippen LogP contribution in [0.1, 0.15) is 17.0 Å². The molecule has 0 atom stereocenters. The molecule has 0 radical (unpaired) electrons. The zero-order chi connectivity index (χ0) is 18.7. The summed E-state index contributed by atoms with van der Waals surface area (Å²) in [5.74, 6) is 2.53. The number of pyridine rings is 1. The minimum absolute atomic E-state index is 0.572. The standard InChI is InChI=1S/C21H24N4O2/c1-26-19-9-7-17(8-10-19)15-24-21(23-13-11-20-6-4-14-27-20)25-16-18-5-2-3-12-22-18/h2-10,12,14H,11,13,15-16H2,1H3,(H2,23,24,25). The van der Waals surface area contributed by atoms with E-state index < -0.39 is 0 Å². The van der Waals surface area contributed by atoms with Crippen molar-refractivity contribution in [2.45, 2.75) is 19.5 Å². The fourth-order valence-electron chi connectivity index (χ4n) is 2.51. The number of guanidine groups is 1. The van der Waals surface area contributed by atoms with Gasteiger partial charge < -0.3 is 19.8 Å². The summed E-state index contributed by atoms with van der Waals surface area (Å²) in [6.45, 7) is 1.91. The number of aromatic nitrogens is 1. The molecule has 2 heterocycles. The Morgan fingerprint density at radius 3 is 2.67 bits per heavy atom. The van der Waals surface area contributed by atoms with E-state index in [1.165, 1.54) is 0 Å². The molecule has 0 aliphatic rings.